The molecule has 2 aliphatic heterocycles. The lowest BCUT2D eigenvalue weighted by Gasteiger charge is -2.17. The summed E-state index contributed by atoms with van der Waals surface area (Å²) >= 11 is 1.89. The minimum atomic E-state index is -3.50. The summed E-state index contributed by atoms with van der Waals surface area (Å²) in [4.78, 5) is 51.5. The maximum Gasteiger partial charge on any atom is 0.354 e. The van der Waals surface area contributed by atoms with Crippen LogP contribution in [-0.2, 0) is 78.9 Å². The molecule has 3 heterocycles. The Hall–Kier alpha value is -4.60. The van der Waals surface area contributed by atoms with E-state index in [9.17, 15) is 23.4 Å². The fourth-order valence-corrected chi connectivity index (χ4v) is 11.2. The number of thioether (sulfide) groups is 1. The van der Waals surface area contributed by atoms with Crippen LogP contribution in [0.15, 0.2) is 45.8 Å². The summed E-state index contributed by atoms with van der Waals surface area (Å²) in [6.45, 7) is 3.83. The number of rotatable bonds is 24. The standard InChI is InChI=1S/C44H62N10O8S2/c1-53(27-30-12-15-34(16-13-30)64(45,59)51-44(58)48-41-35-8-4-6-31(35)26-32-7-5-9-36(32)41)40(56)17-14-33-28-54(52-50-33)19-21-61-23-25-62-24-22-60-20-18-46-39(55)11-3-2-10-38-42-37(29-63-38)47-43(57)49-42/h12-13,15-16,26,28,37-38,42H,2-11,14,17-25,27,29H2,1H3,(H,46,55)(H2,47,49,57)(H3,45,48,51,58,59)/t37-,38-,42-,64?/m0/s1. The van der Waals surface area contributed by atoms with Crippen LogP contribution in [0.25, 0.3) is 0 Å². The van der Waals surface area contributed by atoms with Crippen molar-refractivity contribution in [2.75, 3.05) is 64.3 Å². The average Bonchev–Trinajstić information content (AvgIpc) is 4.13. The molecule has 6 N–H and O–H groups in total. The van der Waals surface area contributed by atoms with Crippen LogP contribution >= 0.6 is 11.8 Å². The molecule has 0 saturated carbocycles. The lowest BCUT2D eigenvalue weighted by atomic mass is 9.99. The number of carbonyl (C=O) groups is 4. The molecule has 3 aromatic rings. The number of amides is 6. The van der Waals surface area contributed by atoms with E-state index in [1.165, 1.54) is 11.1 Å². The summed E-state index contributed by atoms with van der Waals surface area (Å²) in [6.07, 6.45) is 11.7. The van der Waals surface area contributed by atoms with E-state index < -0.39 is 15.9 Å². The van der Waals surface area contributed by atoms with Gasteiger partial charge < -0.3 is 40.4 Å². The van der Waals surface area contributed by atoms with Crippen LogP contribution in [0.2, 0.25) is 0 Å². The molecule has 4 atom stereocenters. The van der Waals surface area contributed by atoms with Gasteiger partial charge in [0.15, 0.2) is 0 Å². The van der Waals surface area contributed by atoms with Crippen LogP contribution in [-0.4, -0.2) is 124 Å². The lowest BCUT2D eigenvalue weighted by Crippen LogP contribution is -2.36. The van der Waals surface area contributed by atoms with Gasteiger partial charge in [-0.1, -0.05) is 29.8 Å². The molecule has 2 fully saturated rings. The van der Waals surface area contributed by atoms with Gasteiger partial charge in [-0.15, -0.1) is 9.46 Å². The largest absolute Gasteiger partial charge is 0.377 e. The van der Waals surface area contributed by atoms with Crippen LogP contribution in [0.4, 0.5) is 15.3 Å². The second-order valence-corrected chi connectivity index (χ2v) is 19.8. The van der Waals surface area contributed by atoms with Crippen molar-refractivity contribution in [1.29, 1.82) is 0 Å². The van der Waals surface area contributed by atoms with Crippen molar-refractivity contribution < 1.29 is 37.6 Å². The Balaban J connectivity index is 0.694. The van der Waals surface area contributed by atoms with Gasteiger partial charge in [-0.25, -0.2) is 23.6 Å². The Bertz CT molecular complexity index is 2200. The summed E-state index contributed by atoms with van der Waals surface area (Å²) in [5, 5.41) is 26.7. The molecule has 7 rings (SSSR count). The summed E-state index contributed by atoms with van der Waals surface area (Å²) in [5.41, 5.74) is 7.23. The first kappa shape index (κ1) is 47.4. The maximum absolute atomic E-state index is 13.4. The molecule has 1 unspecified atom stereocenters. The third-order valence-electron chi connectivity index (χ3n) is 12.1. The number of nitrogens with zero attached hydrogens (tertiary/aromatic N) is 5. The van der Waals surface area contributed by atoms with Crippen molar-refractivity contribution in [3.05, 3.63) is 70.0 Å². The molecule has 2 aromatic carbocycles. The Morgan fingerprint density at radius 3 is 2.39 bits per heavy atom. The Morgan fingerprint density at radius 1 is 0.953 bits per heavy atom. The maximum atomic E-state index is 13.4. The Kier molecular flexibility index (Phi) is 17.0. The minimum Gasteiger partial charge on any atom is -0.377 e. The summed E-state index contributed by atoms with van der Waals surface area (Å²) in [6, 6.07) is 8.60. The van der Waals surface area contributed by atoms with Gasteiger partial charge in [-0.3, -0.25) is 9.59 Å². The quantitative estimate of drug-likeness (QED) is 0.0643. The van der Waals surface area contributed by atoms with Crippen molar-refractivity contribution in [1.82, 2.24) is 35.8 Å². The normalized spacial score (nSPS) is 19.3. The van der Waals surface area contributed by atoms with E-state index in [0.717, 1.165) is 85.9 Å². The zero-order chi connectivity index (χ0) is 44.9. The summed E-state index contributed by atoms with van der Waals surface area (Å²) in [5.74, 6) is 0.902. The number of benzene rings is 2. The molecular weight excluding hydrogens is 861 g/mol. The van der Waals surface area contributed by atoms with Crippen LogP contribution in [0.1, 0.15) is 78.5 Å². The molecule has 0 bridgehead atoms. The second-order valence-electron chi connectivity index (χ2n) is 16.7. The number of unbranched alkanes of at least 4 members (excludes halogenated alkanes) is 1. The zero-order valence-corrected chi connectivity index (χ0v) is 38.3. The van der Waals surface area contributed by atoms with E-state index in [1.54, 1.807) is 47.1 Å². The molecular formula is C44H62N10O8S2. The van der Waals surface area contributed by atoms with Gasteiger partial charge in [-0.2, -0.15) is 11.8 Å². The highest BCUT2D eigenvalue weighted by Gasteiger charge is 2.42. The molecule has 20 heteroatoms. The molecule has 6 amide bonds. The first-order valence-electron chi connectivity index (χ1n) is 22.5. The predicted molar refractivity (Wildman–Crippen MR) is 243 cm³/mol. The first-order valence-corrected chi connectivity index (χ1v) is 25.1. The number of nitrogens with one attached hydrogen (secondary N) is 4. The van der Waals surface area contributed by atoms with Crippen LogP contribution in [0.3, 0.4) is 0 Å². The third kappa shape index (κ3) is 13.2. The molecule has 64 heavy (non-hydrogen) atoms. The van der Waals surface area contributed by atoms with Gasteiger partial charge in [0.2, 0.25) is 11.8 Å². The molecule has 0 radical (unpaired) electrons. The fraction of sp³-hybridized carbons (Fsp3) is 0.591. The van der Waals surface area contributed by atoms with Crippen molar-refractivity contribution in [2.45, 2.75) is 112 Å². The van der Waals surface area contributed by atoms with Gasteiger partial charge >= 0.3 is 12.1 Å². The van der Waals surface area contributed by atoms with E-state index in [4.69, 9.17) is 19.3 Å². The number of anilines is 1. The van der Waals surface area contributed by atoms with E-state index in [-0.39, 0.29) is 41.2 Å². The lowest BCUT2D eigenvalue weighted by molar-refractivity contribution is -0.130. The molecule has 348 valence electrons. The number of hydrogen-bond acceptors (Lipinski definition) is 11. The van der Waals surface area contributed by atoms with E-state index >= 15 is 0 Å². The van der Waals surface area contributed by atoms with Gasteiger partial charge in [-0.05, 0) is 91.3 Å². The van der Waals surface area contributed by atoms with Crippen LogP contribution in [0.5, 0.6) is 0 Å². The average molecular weight is 923 g/mol. The highest BCUT2D eigenvalue weighted by Crippen LogP contribution is 2.39. The number of carbonyl (C=O) groups excluding carboxylic acids is 4. The number of hydrogen-bond donors (Lipinski definition) is 5. The van der Waals surface area contributed by atoms with Gasteiger partial charge in [0.05, 0.1) is 68.9 Å². The smallest absolute Gasteiger partial charge is 0.354 e. The molecule has 2 aliphatic carbocycles. The van der Waals surface area contributed by atoms with E-state index in [2.05, 4.69) is 42.0 Å². The Morgan fingerprint density at radius 2 is 1.66 bits per heavy atom. The highest BCUT2D eigenvalue weighted by atomic mass is 32.2. The number of ether oxygens (including phenoxy) is 3. The molecule has 18 nitrogen and oxygen atoms in total. The number of aromatic nitrogens is 3. The Labute approximate surface area is 379 Å². The number of fused-ring (bicyclic) bond motifs is 3. The minimum absolute atomic E-state index is 0.0237. The van der Waals surface area contributed by atoms with Crippen molar-refractivity contribution >= 4 is 51.2 Å². The second kappa shape index (κ2) is 23.0. The summed E-state index contributed by atoms with van der Waals surface area (Å²) in [7, 11) is -1.77. The topological polar surface area (TPSA) is 233 Å². The third-order valence-corrected chi connectivity index (χ3v) is 15.0. The van der Waals surface area contributed by atoms with Crippen LogP contribution in [0, 0.1) is 0 Å². The molecule has 1 aromatic heterocycles. The number of aryl methyl sites for hydroxylation is 3. The monoisotopic (exact) mass is 922 g/mol. The zero-order valence-electron chi connectivity index (χ0n) is 36.6. The number of nitrogens with two attached hydrogens (primary N) is 1. The molecule has 2 saturated heterocycles. The fourth-order valence-electron chi connectivity index (χ4n) is 8.74. The predicted octanol–water partition coefficient (Wildman–Crippen LogP) is 3.67. The van der Waals surface area contributed by atoms with Gasteiger partial charge in [0, 0.05) is 62.3 Å². The summed E-state index contributed by atoms with van der Waals surface area (Å²) < 4.78 is 35.8. The van der Waals surface area contributed by atoms with E-state index in [1.807, 2.05) is 11.8 Å². The van der Waals surface area contributed by atoms with Gasteiger partial charge in [0.1, 0.15) is 9.92 Å². The first-order chi connectivity index (χ1) is 31.0. The SMILES string of the molecule is CN(Cc1ccc(S(N)(=O)=NC(=O)Nc2c3c(cc4c2CCC4)CCC3)cc1)C(=O)CCc1cn(CCOCCOCCOCCNC(=O)CCCC[C@@H]2SC[C@@H]3NC(=O)N[C@@H]32)nn1. The molecule has 0 spiro atoms. The van der Waals surface area contributed by atoms with Crippen molar-refractivity contribution in [3.8, 4) is 0 Å². The van der Waals surface area contributed by atoms with Crippen molar-refractivity contribution in [3.63, 3.8) is 0 Å². The van der Waals surface area contributed by atoms with Crippen molar-refractivity contribution in [2.24, 2.45) is 9.50 Å². The van der Waals surface area contributed by atoms with Gasteiger partial charge in [0.25, 0.3) is 0 Å². The van der Waals surface area contributed by atoms with Crippen LogP contribution < -0.4 is 26.4 Å². The highest BCUT2D eigenvalue weighted by molar-refractivity contribution is 8.00. The number of urea groups is 2. The molecule has 4 aliphatic rings. The van der Waals surface area contributed by atoms with E-state index in [0.29, 0.717) is 83.1 Å².